The van der Waals surface area contributed by atoms with Crippen LogP contribution in [0.15, 0.2) is 22.7 Å². The van der Waals surface area contributed by atoms with Crippen molar-refractivity contribution in [1.29, 1.82) is 0 Å². The summed E-state index contributed by atoms with van der Waals surface area (Å²) < 4.78 is 1.25. The zero-order valence-electron chi connectivity index (χ0n) is 13.0. The molecule has 1 heterocycles. The summed E-state index contributed by atoms with van der Waals surface area (Å²) in [5.41, 5.74) is 2.73. The first kappa shape index (κ1) is 16.0. The van der Waals surface area contributed by atoms with Crippen LogP contribution in [0.25, 0.3) is 0 Å². The molecule has 1 atom stereocenters. The molecule has 1 aliphatic rings. The first-order valence-corrected chi connectivity index (χ1v) is 8.54. The van der Waals surface area contributed by atoms with Crippen molar-refractivity contribution in [3.05, 3.63) is 33.8 Å². The minimum atomic E-state index is 0.594. The minimum Gasteiger partial charge on any atom is -0.314 e. The van der Waals surface area contributed by atoms with E-state index in [4.69, 9.17) is 0 Å². The molecule has 1 N–H and O–H groups in total. The molecule has 1 aromatic rings. The Labute approximate surface area is 132 Å². The van der Waals surface area contributed by atoms with Gasteiger partial charge in [-0.1, -0.05) is 41.9 Å². The summed E-state index contributed by atoms with van der Waals surface area (Å²) in [5.74, 6) is 0.801. The lowest BCUT2D eigenvalue weighted by molar-refractivity contribution is 0.163. The molecular weight excluding hydrogens is 312 g/mol. The van der Waals surface area contributed by atoms with Crippen molar-refractivity contribution in [3.63, 3.8) is 0 Å². The first-order chi connectivity index (χ1) is 9.54. The lowest BCUT2D eigenvalue weighted by atomic mass is 9.97. The fourth-order valence-corrected chi connectivity index (χ4v) is 3.50. The predicted octanol–water partition coefficient (Wildman–Crippen LogP) is 3.97. The number of hydrogen-bond acceptors (Lipinski definition) is 2. The number of nitrogens with one attached hydrogen (secondary N) is 1. The van der Waals surface area contributed by atoms with E-state index in [0.717, 1.165) is 19.0 Å². The predicted molar refractivity (Wildman–Crippen MR) is 90.0 cm³/mol. The van der Waals surface area contributed by atoms with Gasteiger partial charge in [-0.25, -0.2) is 0 Å². The molecule has 2 nitrogen and oxygen atoms in total. The summed E-state index contributed by atoms with van der Waals surface area (Å²) in [6.45, 7) is 11.3. The van der Waals surface area contributed by atoms with Crippen molar-refractivity contribution in [2.75, 3.05) is 19.6 Å². The topological polar surface area (TPSA) is 15.3 Å². The third-order valence-corrected chi connectivity index (χ3v) is 4.76. The lowest BCUT2D eigenvalue weighted by Crippen LogP contribution is -2.40. The van der Waals surface area contributed by atoms with Crippen molar-refractivity contribution >= 4 is 15.9 Å². The average Bonchev–Trinajstić information content (AvgIpc) is 2.40. The summed E-state index contributed by atoms with van der Waals surface area (Å²) in [6, 6.07) is 7.28. The van der Waals surface area contributed by atoms with Gasteiger partial charge in [0.2, 0.25) is 0 Å². The van der Waals surface area contributed by atoms with Gasteiger partial charge in [0.1, 0.15) is 0 Å². The molecule has 0 radical (unpaired) electrons. The molecule has 1 aromatic carbocycles. The third kappa shape index (κ3) is 4.87. The highest BCUT2D eigenvalue weighted by molar-refractivity contribution is 9.10. The van der Waals surface area contributed by atoms with E-state index in [1.165, 1.54) is 41.5 Å². The van der Waals surface area contributed by atoms with Crippen LogP contribution < -0.4 is 5.32 Å². The number of hydrogen-bond donors (Lipinski definition) is 1. The zero-order valence-corrected chi connectivity index (χ0v) is 14.5. The van der Waals surface area contributed by atoms with Crippen LogP contribution in [0.1, 0.15) is 37.8 Å². The lowest BCUT2D eigenvalue weighted by Gasteiger charge is -2.33. The molecule has 0 aliphatic carbocycles. The molecule has 1 unspecified atom stereocenters. The van der Waals surface area contributed by atoms with Crippen molar-refractivity contribution < 1.29 is 0 Å². The second-order valence-corrected chi connectivity index (χ2v) is 7.26. The minimum absolute atomic E-state index is 0.594. The normalized spacial score (nSPS) is 20.6. The van der Waals surface area contributed by atoms with E-state index in [-0.39, 0.29) is 0 Å². The maximum atomic E-state index is 3.70. The first-order valence-electron chi connectivity index (χ1n) is 7.75. The highest BCUT2D eigenvalue weighted by Gasteiger charge is 2.20. The van der Waals surface area contributed by atoms with E-state index in [2.05, 4.69) is 65.1 Å². The van der Waals surface area contributed by atoms with Gasteiger partial charge in [-0.05, 0) is 56.0 Å². The summed E-state index contributed by atoms with van der Waals surface area (Å²) >= 11 is 3.70. The Hall–Kier alpha value is -0.380. The monoisotopic (exact) mass is 338 g/mol. The molecular formula is C17H27BrN2. The molecule has 0 aromatic heterocycles. The molecule has 2 rings (SSSR count). The standard InChI is InChI=1S/C17H27BrN2/c1-13(2)19-10-15-5-4-8-20(11-15)12-16-7-6-14(3)9-17(16)18/h6-7,9,13,15,19H,4-5,8,10-12H2,1-3H3. The van der Waals surface area contributed by atoms with E-state index >= 15 is 0 Å². The van der Waals surface area contributed by atoms with Crippen molar-refractivity contribution in [2.45, 2.75) is 46.2 Å². The van der Waals surface area contributed by atoms with Crippen LogP contribution in [0.3, 0.4) is 0 Å². The van der Waals surface area contributed by atoms with Gasteiger partial charge >= 0.3 is 0 Å². The third-order valence-electron chi connectivity index (χ3n) is 4.02. The zero-order chi connectivity index (χ0) is 14.5. The van der Waals surface area contributed by atoms with Gasteiger partial charge in [0.25, 0.3) is 0 Å². The van der Waals surface area contributed by atoms with E-state index in [0.29, 0.717) is 6.04 Å². The second kappa shape index (κ2) is 7.58. The molecule has 3 heteroatoms. The fourth-order valence-electron chi connectivity index (χ4n) is 2.89. The Balaban J connectivity index is 1.89. The second-order valence-electron chi connectivity index (χ2n) is 6.40. The maximum absolute atomic E-state index is 3.70. The highest BCUT2D eigenvalue weighted by atomic mass is 79.9. The van der Waals surface area contributed by atoms with Gasteiger partial charge < -0.3 is 5.32 Å². The van der Waals surface area contributed by atoms with Crippen LogP contribution in [-0.4, -0.2) is 30.6 Å². The quantitative estimate of drug-likeness (QED) is 0.873. The van der Waals surface area contributed by atoms with Gasteiger partial charge in [-0.2, -0.15) is 0 Å². The van der Waals surface area contributed by atoms with Crippen LogP contribution in [0.5, 0.6) is 0 Å². The van der Waals surface area contributed by atoms with Gasteiger partial charge in [0.15, 0.2) is 0 Å². The Kier molecular flexibility index (Phi) is 6.06. The van der Waals surface area contributed by atoms with Crippen LogP contribution in [-0.2, 0) is 6.54 Å². The molecule has 20 heavy (non-hydrogen) atoms. The van der Waals surface area contributed by atoms with Crippen molar-refractivity contribution in [1.82, 2.24) is 10.2 Å². The number of benzene rings is 1. The van der Waals surface area contributed by atoms with Crippen LogP contribution in [0.4, 0.5) is 0 Å². The van der Waals surface area contributed by atoms with E-state index in [1.54, 1.807) is 0 Å². The summed E-state index contributed by atoms with van der Waals surface area (Å²) in [4.78, 5) is 2.60. The number of nitrogens with zero attached hydrogens (tertiary/aromatic N) is 1. The van der Waals surface area contributed by atoms with Gasteiger partial charge in [-0.3, -0.25) is 4.90 Å². The average molecular weight is 339 g/mol. The molecule has 1 aliphatic heterocycles. The Morgan fingerprint density at radius 2 is 2.20 bits per heavy atom. The maximum Gasteiger partial charge on any atom is 0.0245 e. The summed E-state index contributed by atoms with van der Waals surface area (Å²) in [6.07, 6.45) is 2.69. The number of rotatable bonds is 5. The summed E-state index contributed by atoms with van der Waals surface area (Å²) in [5, 5.41) is 3.58. The van der Waals surface area contributed by atoms with Crippen LogP contribution in [0, 0.1) is 12.8 Å². The number of halogens is 1. The number of piperidine rings is 1. The molecule has 1 saturated heterocycles. The van der Waals surface area contributed by atoms with Crippen LogP contribution >= 0.6 is 15.9 Å². The SMILES string of the molecule is Cc1ccc(CN2CCCC(CNC(C)C)C2)c(Br)c1. The highest BCUT2D eigenvalue weighted by Crippen LogP contribution is 2.23. The summed E-state index contributed by atoms with van der Waals surface area (Å²) in [7, 11) is 0. The Morgan fingerprint density at radius 3 is 2.90 bits per heavy atom. The van der Waals surface area contributed by atoms with E-state index < -0.39 is 0 Å². The smallest absolute Gasteiger partial charge is 0.0245 e. The largest absolute Gasteiger partial charge is 0.314 e. The van der Waals surface area contributed by atoms with Crippen molar-refractivity contribution in [2.24, 2.45) is 5.92 Å². The van der Waals surface area contributed by atoms with Gasteiger partial charge in [0.05, 0.1) is 0 Å². The molecule has 1 fully saturated rings. The van der Waals surface area contributed by atoms with Gasteiger partial charge in [0, 0.05) is 23.6 Å². The fraction of sp³-hybridized carbons (Fsp3) is 0.647. The molecule has 0 spiro atoms. The van der Waals surface area contributed by atoms with Crippen LogP contribution in [0.2, 0.25) is 0 Å². The number of likely N-dealkylation sites (tertiary alicyclic amines) is 1. The Morgan fingerprint density at radius 1 is 1.40 bits per heavy atom. The molecule has 0 amide bonds. The molecule has 112 valence electrons. The molecule has 0 saturated carbocycles. The van der Waals surface area contributed by atoms with E-state index in [1.807, 2.05) is 0 Å². The van der Waals surface area contributed by atoms with Crippen molar-refractivity contribution in [3.8, 4) is 0 Å². The van der Waals surface area contributed by atoms with E-state index in [9.17, 15) is 0 Å². The number of aryl methyl sites for hydroxylation is 1. The van der Waals surface area contributed by atoms with Gasteiger partial charge in [-0.15, -0.1) is 0 Å². The molecule has 0 bridgehead atoms. The Bertz CT molecular complexity index is 431.